The quantitative estimate of drug-likeness (QED) is 0.660. The van der Waals surface area contributed by atoms with E-state index in [1.54, 1.807) is 12.1 Å². The molecule has 5 nitrogen and oxygen atoms in total. The van der Waals surface area contributed by atoms with Gasteiger partial charge in [0.05, 0.1) is 5.56 Å². The highest BCUT2D eigenvalue weighted by atomic mass is 16.4. The number of amides is 1. The van der Waals surface area contributed by atoms with E-state index in [0.29, 0.717) is 17.9 Å². The molecule has 3 aromatic rings. The van der Waals surface area contributed by atoms with Gasteiger partial charge < -0.3 is 15.0 Å². The second kappa shape index (κ2) is 8.52. The lowest BCUT2D eigenvalue weighted by Gasteiger charge is -2.32. The predicted octanol–water partition coefficient (Wildman–Crippen LogP) is 4.28. The van der Waals surface area contributed by atoms with Crippen molar-refractivity contribution in [2.45, 2.75) is 32.1 Å². The summed E-state index contributed by atoms with van der Waals surface area (Å²) in [6, 6.07) is 15.4. The third-order valence-electron chi connectivity index (χ3n) is 6.01. The SMILES string of the molecule is O=C(O)c1ccccc1CC1CCN(C(=O)CCc2c[nH]c3ccccc23)CC1. The Morgan fingerprint density at radius 2 is 1.72 bits per heavy atom. The van der Waals surface area contributed by atoms with Crippen LogP contribution in [-0.2, 0) is 17.6 Å². The topological polar surface area (TPSA) is 73.4 Å². The second-order valence-corrected chi connectivity index (χ2v) is 7.85. The summed E-state index contributed by atoms with van der Waals surface area (Å²) in [7, 11) is 0. The maximum absolute atomic E-state index is 12.7. The van der Waals surface area contributed by atoms with E-state index in [2.05, 4.69) is 11.1 Å². The summed E-state index contributed by atoms with van der Waals surface area (Å²) < 4.78 is 0. The number of H-pyrrole nitrogens is 1. The van der Waals surface area contributed by atoms with Crippen LogP contribution in [0.3, 0.4) is 0 Å². The van der Waals surface area contributed by atoms with Gasteiger partial charge in [-0.2, -0.15) is 0 Å². The number of nitrogens with zero attached hydrogens (tertiary/aromatic N) is 1. The summed E-state index contributed by atoms with van der Waals surface area (Å²) in [6.45, 7) is 1.51. The molecular formula is C24H26N2O3. The average molecular weight is 390 g/mol. The number of hydrogen-bond acceptors (Lipinski definition) is 2. The molecule has 2 aromatic carbocycles. The number of rotatable bonds is 6. The van der Waals surface area contributed by atoms with Crippen molar-refractivity contribution in [2.75, 3.05) is 13.1 Å². The number of nitrogens with one attached hydrogen (secondary N) is 1. The van der Waals surface area contributed by atoms with Gasteiger partial charge in [0.25, 0.3) is 0 Å². The normalized spacial score (nSPS) is 15.0. The van der Waals surface area contributed by atoms with Crippen molar-refractivity contribution in [2.24, 2.45) is 5.92 Å². The number of aromatic carboxylic acids is 1. The van der Waals surface area contributed by atoms with Gasteiger partial charge in [-0.3, -0.25) is 4.79 Å². The van der Waals surface area contributed by atoms with Crippen LogP contribution in [0.1, 0.15) is 40.7 Å². The number of para-hydroxylation sites is 1. The molecule has 1 aromatic heterocycles. The lowest BCUT2D eigenvalue weighted by molar-refractivity contribution is -0.132. The van der Waals surface area contributed by atoms with Crippen LogP contribution in [0.5, 0.6) is 0 Å². The number of hydrogen-bond donors (Lipinski definition) is 2. The molecule has 5 heteroatoms. The fraction of sp³-hybridized carbons (Fsp3) is 0.333. The van der Waals surface area contributed by atoms with E-state index < -0.39 is 5.97 Å². The number of carboxylic acid groups (broad SMARTS) is 1. The molecule has 0 spiro atoms. The zero-order valence-corrected chi connectivity index (χ0v) is 16.4. The summed E-state index contributed by atoms with van der Waals surface area (Å²) in [6.07, 6.45) is 5.88. The molecule has 0 aliphatic carbocycles. The Bertz CT molecular complexity index is 1020. The largest absolute Gasteiger partial charge is 0.478 e. The highest BCUT2D eigenvalue weighted by Crippen LogP contribution is 2.25. The number of carbonyl (C=O) groups is 2. The molecule has 1 fully saturated rings. The minimum atomic E-state index is -0.870. The zero-order chi connectivity index (χ0) is 20.2. The molecule has 0 saturated carbocycles. The molecule has 1 amide bonds. The van der Waals surface area contributed by atoms with E-state index in [0.717, 1.165) is 49.9 Å². The maximum Gasteiger partial charge on any atom is 0.335 e. The van der Waals surface area contributed by atoms with Crippen LogP contribution in [0.15, 0.2) is 54.7 Å². The number of aromatic nitrogens is 1. The van der Waals surface area contributed by atoms with Gasteiger partial charge in [0.2, 0.25) is 5.91 Å². The molecule has 0 bridgehead atoms. The summed E-state index contributed by atoms with van der Waals surface area (Å²) in [5, 5.41) is 10.5. The van der Waals surface area contributed by atoms with Crippen LogP contribution in [0.4, 0.5) is 0 Å². The minimum Gasteiger partial charge on any atom is -0.478 e. The van der Waals surface area contributed by atoms with E-state index in [9.17, 15) is 14.7 Å². The van der Waals surface area contributed by atoms with Gasteiger partial charge in [-0.1, -0.05) is 36.4 Å². The van der Waals surface area contributed by atoms with E-state index in [-0.39, 0.29) is 5.91 Å². The van der Waals surface area contributed by atoms with E-state index >= 15 is 0 Å². The van der Waals surface area contributed by atoms with Crippen molar-refractivity contribution in [1.29, 1.82) is 0 Å². The summed E-state index contributed by atoms with van der Waals surface area (Å²) in [4.78, 5) is 29.3. The molecule has 2 heterocycles. The summed E-state index contributed by atoms with van der Waals surface area (Å²) >= 11 is 0. The standard InChI is InChI=1S/C24H26N2O3/c27-23(10-9-19-16-25-22-8-4-3-6-20(19)22)26-13-11-17(12-14-26)15-18-5-1-2-7-21(18)24(28)29/h1-8,16-17,25H,9-15H2,(H,28,29). The monoisotopic (exact) mass is 390 g/mol. The molecule has 1 aliphatic rings. The van der Waals surface area contributed by atoms with Gasteiger partial charge in [0.15, 0.2) is 0 Å². The van der Waals surface area contributed by atoms with Gasteiger partial charge >= 0.3 is 5.97 Å². The Balaban J connectivity index is 1.29. The van der Waals surface area contributed by atoms with Crippen LogP contribution in [0.2, 0.25) is 0 Å². The Morgan fingerprint density at radius 3 is 2.52 bits per heavy atom. The highest BCUT2D eigenvalue weighted by Gasteiger charge is 2.24. The number of carbonyl (C=O) groups excluding carboxylic acids is 1. The number of benzene rings is 2. The number of carboxylic acids is 1. The van der Waals surface area contributed by atoms with Crippen molar-refractivity contribution >= 4 is 22.8 Å². The molecule has 2 N–H and O–H groups in total. The first-order valence-electron chi connectivity index (χ1n) is 10.3. The fourth-order valence-corrected chi connectivity index (χ4v) is 4.34. The molecule has 1 saturated heterocycles. The van der Waals surface area contributed by atoms with Crippen molar-refractivity contribution in [3.8, 4) is 0 Å². The van der Waals surface area contributed by atoms with Crippen LogP contribution >= 0.6 is 0 Å². The van der Waals surface area contributed by atoms with Gasteiger partial charge in [-0.15, -0.1) is 0 Å². The molecular weight excluding hydrogens is 364 g/mol. The lowest BCUT2D eigenvalue weighted by Crippen LogP contribution is -2.39. The van der Waals surface area contributed by atoms with E-state index in [1.165, 1.54) is 10.9 Å². The Labute approximate surface area is 170 Å². The Kier molecular flexibility index (Phi) is 5.65. The summed E-state index contributed by atoms with van der Waals surface area (Å²) in [5.74, 6) is -0.238. The molecule has 4 rings (SSSR count). The number of piperidine rings is 1. The summed E-state index contributed by atoms with van der Waals surface area (Å²) in [5.41, 5.74) is 3.58. The average Bonchev–Trinajstić information content (AvgIpc) is 3.16. The maximum atomic E-state index is 12.7. The zero-order valence-electron chi connectivity index (χ0n) is 16.4. The number of likely N-dealkylation sites (tertiary alicyclic amines) is 1. The lowest BCUT2D eigenvalue weighted by atomic mass is 9.88. The number of fused-ring (bicyclic) bond motifs is 1. The first kappa shape index (κ1) is 19.2. The van der Waals surface area contributed by atoms with Crippen molar-refractivity contribution in [3.63, 3.8) is 0 Å². The number of aromatic amines is 1. The fourth-order valence-electron chi connectivity index (χ4n) is 4.34. The van der Waals surface area contributed by atoms with Crippen molar-refractivity contribution in [3.05, 3.63) is 71.4 Å². The highest BCUT2D eigenvalue weighted by molar-refractivity contribution is 5.89. The van der Waals surface area contributed by atoms with E-state index in [1.807, 2.05) is 41.4 Å². The van der Waals surface area contributed by atoms with Crippen LogP contribution in [0.25, 0.3) is 10.9 Å². The van der Waals surface area contributed by atoms with Crippen molar-refractivity contribution in [1.82, 2.24) is 9.88 Å². The second-order valence-electron chi connectivity index (χ2n) is 7.85. The third-order valence-corrected chi connectivity index (χ3v) is 6.01. The number of aryl methyl sites for hydroxylation is 1. The van der Waals surface area contributed by atoms with E-state index in [4.69, 9.17) is 0 Å². The molecule has 0 atom stereocenters. The van der Waals surface area contributed by atoms with Gasteiger partial charge in [-0.05, 0) is 54.9 Å². The molecule has 29 heavy (non-hydrogen) atoms. The molecule has 0 unspecified atom stereocenters. The third kappa shape index (κ3) is 4.34. The van der Waals surface area contributed by atoms with Crippen LogP contribution in [0, 0.1) is 5.92 Å². The van der Waals surface area contributed by atoms with Gasteiger partial charge in [-0.25, -0.2) is 4.79 Å². The Morgan fingerprint density at radius 1 is 1.00 bits per heavy atom. The van der Waals surface area contributed by atoms with Crippen molar-refractivity contribution < 1.29 is 14.7 Å². The van der Waals surface area contributed by atoms with Crippen LogP contribution < -0.4 is 0 Å². The molecule has 150 valence electrons. The smallest absolute Gasteiger partial charge is 0.335 e. The van der Waals surface area contributed by atoms with Gasteiger partial charge in [0, 0.05) is 36.6 Å². The first-order chi connectivity index (χ1) is 14.1. The first-order valence-corrected chi connectivity index (χ1v) is 10.3. The molecule has 1 aliphatic heterocycles. The molecule has 0 radical (unpaired) electrons. The van der Waals surface area contributed by atoms with Gasteiger partial charge in [0.1, 0.15) is 0 Å². The predicted molar refractivity (Wildman–Crippen MR) is 113 cm³/mol. The minimum absolute atomic E-state index is 0.208. The Hall–Kier alpha value is -3.08. The van der Waals surface area contributed by atoms with Crippen LogP contribution in [-0.4, -0.2) is 40.0 Å².